The molecule has 0 radical (unpaired) electrons. The van der Waals surface area contributed by atoms with Crippen molar-refractivity contribution in [2.45, 2.75) is 45.4 Å². The summed E-state index contributed by atoms with van der Waals surface area (Å²) in [5, 5.41) is 17.3. The van der Waals surface area contributed by atoms with Crippen molar-refractivity contribution in [3.8, 4) is 0 Å². The van der Waals surface area contributed by atoms with Gasteiger partial charge in [0, 0.05) is 12.8 Å². The molecule has 0 heterocycles. The second-order valence-corrected chi connectivity index (χ2v) is 6.87. The molecule has 0 aromatic rings. The van der Waals surface area contributed by atoms with Crippen molar-refractivity contribution < 1.29 is 19.8 Å². The summed E-state index contributed by atoms with van der Waals surface area (Å²) < 4.78 is 0. The predicted molar refractivity (Wildman–Crippen MR) is 70.2 cm³/mol. The Kier molecular flexibility index (Phi) is 10.1. The van der Waals surface area contributed by atoms with Crippen molar-refractivity contribution in [1.82, 2.24) is 0 Å². The maximum Gasteiger partial charge on any atom is 0.303 e. The molecule has 0 fully saturated rings. The molecule has 0 aromatic heterocycles. The maximum atomic E-state index is 10.5. The van der Waals surface area contributed by atoms with Crippen LogP contribution in [0.5, 0.6) is 0 Å². The average molecular weight is 262 g/mol. The van der Waals surface area contributed by atoms with Crippen molar-refractivity contribution in [3.63, 3.8) is 0 Å². The molecule has 0 saturated carbocycles. The number of rotatable bonds is 11. The fourth-order valence-corrected chi connectivity index (χ4v) is 3.96. The smallest absolute Gasteiger partial charge is 0.303 e. The average Bonchev–Trinajstić information content (AvgIpc) is 2.26. The van der Waals surface area contributed by atoms with Crippen molar-refractivity contribution in [1.29, 1.82) is 0 Å². The van der Waals surface area contributed by atoms with E-state index in [0.29, 0.717) is 12.3 Å². The fraction of sp³-hybridized carbons (Fsp3) is 0.833. The number of aliphatic carboxylic acids is 2. The van der Waals surface area contributed by atoms with Crippen molar-refractivity contribution >= 4 is 19.9 Å². The Balaban J connectivity index is 3.83. The first-order chi connectivity index (χ1) is 8.06. The minimum absolute atomic E-state index is 0.180. The summed E-state index contributed by atoms with van der Waals surface area (Å²) in [7, 11) is -0.404. The lowest BCUT2D eigenvalue weighted by Gasteiger charge is -2.15. The van der Waals surface area contributed by atoms with Crippen LogP contribution in [-0.4, -0.2) is 40.6 Å². The number of carbonyl (C=O) groups is 2. The minimum atomic E-state index is -0.776. The lowest BCUT2D eigenvalue weighted by molar-refractivity contribution is -0.137. The van der Waals surface area contributed by atoms with Gasteiger partial charge in [-0.2, -0.15) is 0 Å². The van der Waals surface area contributed by atoms with E-state index >= 15 is 0 Å². The molecule has 0 aliphatic carbocycles. The van der Waals surface area contributed by atoms with E-state index in [1.807, 2.05) is 0 Å². The van der Waals surface area contributed by atoms with E-state index in [2.05, 4.69) is 6.92 Å². The second kappa shape index (κ2) is 10.5. The first-order valence-electron chi connectivity index (χ1n) is 6.22. The number of unbranched alkanes of at least 4 members (excludes halogenated alkanes) is 3. The van der Waals surface area contributed by atoms with Crippen LogP contribution < -0.4 is 0 Å². The Morgan fingerprint density at radius 1 is 0.882 bits per heavy atom. The quantitative estimate of drug-likeness (QED) is 0.443. The molecule has 17 heavy (non-hydrogen) atoms. The number of carboxylic acid groups (broad SMARTS) is 2. The summed E-state index contributed by atoms with van der Waals surface area (Å²) in [5.74, 6) is -1.55. The van der Waals surface area contributed by atoms with Crippen LogP contribution >= 0.6 is 7.92 Å². The fourth-order valence-electron chi connectivity index (χ4n) is 1.61. The van der Waals surface area contributed by atoms with E-state index < -0.39 is 19.9 Å². The third-order valence-corrected chi connectivity index (χ3v) is 5.27. The highest BCUT2D eigenvalue weighted by molar-refractivity contribution is 7.57. The van der Waals surface area contributed by atoms with Gasteiger partial charge in [0.15, 0.2) is 0 Å². The summed E-state index contributed by atoms with van der Waals surface area (Å²) in [4.78, 5) is 21.0. The molecular weight excluding hydrogens is 239 g/mol. The van der Waals surface area contributed by atoms with Gasteiger partial charge in [-0.25, -0.2) is 0 Å². The van der Waals surface area contributed by atoms with Crippen LogP contribution in [0.2, 0.25) is 0 Å². The second-order valence-electron chi connectivity index (χ2n) is 4.19. The summed E-state index contributed by atoms with van der Waals surface area (Å²) in [6.07, 6.45) is 7.40. The van der Waals surface area contributed by atoms with Crippen LogP contribution in [0.4, 0.5) is 0 Å². The van der Waals surface area contributed by atoms with E-state index in [1.165, 1.54) is 19.3 Å². The molecule has 0 amide bonds. The van der Waals surface area contributed by atoms with E-state index in [0.717, 1.165) is 12.6 Å². The van der Waals surface area contributed by atoms with Gasteiger partial charge in [0.2, 0.25) is 0 Å². The first kappa shape index (κ1) is 16.4. The molecular formula is C12H23O4P. The Morgan fingerprint density at radius 3 is 1.82 bits per heavy atom. The Morgan fingerprint density at radius 2 is 1.41 bits per heavy atom. The van der Waals surface area contributed by atoms with Gasteiger partial charge in [-0.15, -0.1) is 7.92 Å². The SMILES string of the molecule is CCCCCCP(CCC(=O)O)CCC(=O)O. The highest BCUT2D eigenvalue weighted by Crippen LogP contribution is 2.38. The van der Waals surface area contributed by atoms with Gasteiger partial charge >= 0.3 is 11.9 Å². The minimum Gasteiger partial charge on any atom is -0.481 e. The highest BCUT2D eigenvalue weighted by atomic mass is 31.1. The standard InChI is InChI=1S/C12H23O4P/c1-2-3-4-5-8-17(9-6-11(13)14)10-7-12(15)16/h2-10H2,1H3,(H,13,14)(H,15,16). The van der Waals surface area contributed by atoms with Crippen molar-refractivity contribution in [2.24, 2.45) is 0 Å². The normalized spacial score (nSPS) is 10.7. The molecule has 0 spiro atoms. The van der Waals surface area contributed by atoms with E-state index in [1.54, 1.807) is 0 Å². The van der Waals surface area contributed by atoms with Gasteiger partial charge in [0.1, 0.15) is 0 Å². The highest BCUT2D eigenvalue weighted by Gasteiger charge is 2.11. The number of hydrogen-bond acceptors (Lipinski definition) is 2. The zero-order valence-electron chi connectivity index (χ0n) is 10.5. The molecule has 0 saturated heterocycles. The molecule has 2 N–H and O–H groups in total. The third-order valence-electron chi connectivity index (χ3n) is 2.61. The molecule has 0 aromatic carbocycles. The summed E-state index contributed by atoms with van der Waals surface area (Å²) >= 11 is 0. The number of carboxylic acids is 2. The monoisotopic (exact) mass is 262 g/mol. The Bertz CT molecular complexity index is 213. The summed E-state index contributed by atoms with van der Waals surface area (Å²) in [6.45, 7) is 2.15. The van der Waals surface area contributed by atoms with Gasteiger partial charge in [-0.05, 0) is 24.9 Å². The molecule has 0 unspecified atom stereocenters. The number of hydrogen-bond donors (Lipinski definition) is 2. The van der Waals surface area contributed by atoms with Gasteiger partial charge in [-0.1, -0.05) is 26.2 Å². The van der Waals surface area contributed by atoms with Crippen LogP contribution in [0.15, 0.2) is 0 Å². The maximum absolute atomic E-state index is 10.5. The largest absolute Gasteiger partial charge is 0.481 e. The predicted octanol–water partition coefficient (Wildman–Crippen LogP) is 3.00. The van der Waals surface area contributed by atoms with Gasteiger partial charge < -0.3 is 10.2 Å². The Hall–Kier alpha value is -0.630. The van der Waals surface area contributed by atoms with Crippen LogP contribution in [0, 0.1) is 0 Å². The van der Waals surface area contributed by atoms with Crippen molar-refractivity contribution in [2.75, 3.05) is 18.5 Å². The molecule has 100 valence electrons. The molecule has 0 bridgehead atoms. The van der Waals surface area contributed by atoms with E-state index in [4.69, 9.17) is 10.2 Å². The van der Waals surface area contributed by atoms with Crippen LogP contribution in [0.1, 0.15) is 45.4 Å². The van der Waals surface area contributed by atoms with E-state index in [9.17, 15) is 9.59 Å². The summed E-state index contributed by atoms with van der Waals surface area (Å²) in [5.41, 5.74) is 0. The van der Waals surface area contributed by atoms with Gasteiger partial charge in [0.25, 0.3) is 0 Å². The van der Waals surface area contributed by atoms with Crippen LogP contribution in [0.25, 0.3) is 0 Å². The molecule has 0 rings (SSSR count). The first-order valence-corrected chi connectivity index (χ1v) is 8.12. The third kappa shape index (κ3) is 11.6. The van der Waals surface area contributed by atoms with Crippen molar-refractivity contribution in [3.05, 3.63) is 0 Å². The van der Waals surface area contributed by atoms with Crippen LogP contribution in [-0.2, 0) is 9.59 Å². The molecule has 5 heteroatoms. The molecule has 0 aliphatic rings. The molecule has 0 aliphatic heterocycles. The Labute approximate surface area is 104 Å². The lowest BCUT2D eigenvalue weighted by atomic mass is 10.2. The van der Waals surface area contributed by atoms with Crippen LogP contribution in [0.3, 0.4) is 0 Å². The zero-order valence-corrected chi connectivity index (χ0v) is 11.4. The molecule has 4 nitrogen and oxygen atoms in total. The molecule has 0 atom stereocenters. The van der Waals surface area contributed by atoms with Gasteiger partial charge in [-0.3, -0.25) is 9.59 Å². The van der Waals surface area contributed by atoms with E-state index in [-0.39, 0.29) is 12.8 Å². The zero-order chi connectivity index (χ0) is 13.1. The summed E-state index contributed by atoms with van der Waals surface area (Å²) in [6, 6.07) is 0. The topological polar surface area (TPSA) is 74.6 Å². The lowest BCUT2D eigenvalue weighted by Crippen LogP contribution is -2.05. The van der Waals surface area contributed by atoms with Gasteiger partial charge in [0.05, 0.1) is 0 Å².